The van der Waals surface area contributed by atoms with Crippen molar-refractivity contribution in [3.05, 3.63) is 82.0 Å². The van der Waals surface area contributed by atoms with Crippen molar-refractivity contribution in [3.63, 3.8) is 0 Å². The van der Waals surface area contributed by atoms with Crippen LogP contribution in [0.5, 0.6) is 23.0 Å². The van der Waals surface area contributed by atoms with E-state index in [1.165, 1.54) is 0 Å². The molecule has 4 aromatic rings. The molecule has 0 saturated carbocycles. The van der Waals surface area contributed by atoms with Crippen LogP contribution in [0.1, 0.15) is 29.7 Å². The van der Waals surface area contributed by atoms with Gasteiger partial charge < -0.3 is 18.9 Å². The highest BCUT2D eigenvalue weighted by atomic mass is 79.9. The molecule has 4 rings (SSSR count). The predicted molar refractivity (Wildman–Crippen MR) is 143 cm³/mol. The van der Waals surface area contributed by atoms with Gasteiger partial charge >= 0.3 is 6.09 Å². The van der Waals surface area contributed by atoms with Crippen molar-refractivity contribution in [2.24, 2.45) is 0 Å². The molecule has 0 aliphatic rings. The fourth-order valence-electron chi connectivity index (χ4n) is 3.82. The quantitative estimate of drug-likeness (QED) is 0.253. The Kier molecular flexibility index (Phi) is 7.64. The van der Waals surface area contributed by atoms with Crippen molar-refractivity contribution in [2.45, 2.75) is 26.9 Å². The van der Waals surface area contributed by atoms with Crippen LogP contribution in [0.4, 0.5) is 10.5 Å². The summed E-state index contributed by atoms with van der Waals surface area (Å²) < 4.78 is 23.6. The van der Waals surface area contributed by atoms with Crippen LogP contribution in [-0.2, 0) is 4.74 Å². The minimum atomic E-state index is -0.528. The Morgan fingerprint density at radius 2 is 1.67 bits per heavy atom. The smallest absolute Gasteiger partial charge is 0.412 e. The van der Waals surface area contributed by atoms with Crippen LogP contribution in [0.3, 0.4) is 0 Å². The first kappa shape index (κ1) is 25.3. The third-order valence-corrected chi connectivity index (χ3v) is 6.50. The van der Waals surface area contributed by atoms with E-state index in [9.17, 15) is 4.79 Å². The molecule has 7 nitrogen and oxygen atoms in total. The minimum absolute atomic E-state index is 0.401. The van der Waals surface area contributed by atoms with Gasteiger partial charge in [0, 0.05) is 27.8 Å². The number of nitrogens with zero attached hydrogens (tertiary/aromatic N) is 1. The number of benzene rings is 3. The molecule has 0 fully saturated rings. The van der Waals surface area contributed by atoms with Crippen LogP contribution in [0.2, 0.25) is 0 Å². The molecule has 3 aromatic carbocycles. The monoisotopic (exact) mass is 550 g/mol. The molecule has 0 saturated heterocycles. The molecule has 0 aliphatic heterocycles. The van der Waals surface area contributed by atoms with Crippen molar-refractivity contribution < 1.29 is 23.7 Å². The second-order valence-electron chi connectivity index (χ2n) is 8.22. The number of amides is 1. The lowest BCUT2D eigenvalue weighted by Gasteiger charge is -2.18. The first-order valence-electron chi connectivity index (χ1n) is 11.3. The van der Waals surface area contributed by atoms with Crippen molar-refractivity contribution in [1.29, 1.82) is 0 Å². The number of rotatable bonds is 7. The highest BCUT2D eigenvalue weighted by Gasteiger charge is 2.16. The third-order valence-electron chi connectivity index (χ3n) is 6.00. The van der Waals surface area contributed by atoms with Crippen molar-refractivity contribution in [2.75, 3.05) is 19.5 Å². The molecule has 1 amide bonds. The Morgan fingerprint density at radius 3 is 2.39 bits per heavy atom. The van der Waals surface area contributed by atoms with Crippen LogP contribution in [0, 0.1) is 13.8 Å². The molecule has 0 bridgehead atoms. The molecule has 1 N–H and O–H groups in total. The molecule has 1 heterocycles. The maximum Gasteiger partial charge on any atom is 0.412 e. The fourth-order valence-corrected chi connectivity index (χ4v) is 4.24. The number of hydrogen-bond donors (Lipinski definition) is 1. The lowest BCUT2D eigenvalue weighted by Crippen LogP contribution is -2.17. The van der Waals surface area contributed by atoms with Crippen LogP contribution < -0.4 is 19.5 Å². The molecule has 1 atom stereocenters. The number of hydrogen-bond acceptors (Lipinski definition) is 6. The zero-order valence-corrected chi connectivity index (χ0v) is 22.3. The highest BCUT2D eigenvalue weighted by Crippen LogP contribution is 2.38. The Bertz CT molecular complexity index is 1420. The SMILES string of the molecule is COc1cc2nccc(Oc3ccc(NC(=O)OC(C)c4cccc(Br)c4)c(C)c3C)c2cc1OC. The molecule has 8 heteroatoms. The summed E-state index contributed by atoms with van der Waals surface area (Å²) in [6.45, 7) is 5.70. The maximum atomic E-state index is 12.6. The van der Waals surface area contributed by atoms with E-state index < -0.39 is 12.2 Å². The Morgan fingerprint density at radius 1 is 0.917 bits per heavy atom. The summed E-state index contributed by atoms with van der Waals surface area (Å²) >= 11 is 3.44. The number of carbonyl (C=O) groups is 1. The van der Waals surface area contributed by atoms with Gasteiger partial charge in [0.05, 0.1) is 19.7 Å². The number of nitrogens with one attached hydrogen (secondary N) is 1. The lowest BCUT2D eigenvalue weighted by atomic mass is 10.1. The number of halogens is 1. The lowest BCUT2D eigenvalue weighted by molar-refractivity contribution is 0.121. The average molecular weight is 551 g/mol. The van der Waals surface area contributed by atoms with E-state index in [4.69, 9.17) is 18.9 Å². The number of aromatic nitrogens is 1. The number of anilines is 1. The van der Waals surface area contributed by atoms with Gasteiger partial charge in [-0.05, 0) is 73.9 Å². The molecule has 1 unspecified atom stereocenters. The number of pyridine rings is 1. The van der Waals surface area contributed by atoms with Crippen molar-refractivity contribution >= 4 is 38.6 Å². The highest BCUT2D eigenvalue weighted by molar-refractivity contribution is 9.10. The third kappa shape index (κ3) is 5.39. The van der Waals surface area contributed by atoms with E-state index in [0.29, 0.717) is 28.7 Å². The molecule has 0 radical (unpaired) electrons. The Labute approximate surface area is 218 Å². The standard InChI is InChI=1S/C28H27BrN2O5/c1-16-17(2)24(36-25-11-12-30-23-15-27(34-5)26(33-4)14-21(23)25)10-9-22(16)31-28(32)35-18(3)19-7-6-8-20(29)13-19/h6-15,18H,1-5H3,(H,31,32). The van der Waals surface area contributed by atoms with Crippen molar-refractivity contribution in [1.82, 2.24) is 4.98 Å². The molecule has 0 spiro atoms. The largest absolute Gasteiger partial charge is 0.493 e. The van der Waals surface area contributed by atoms with E-state index >= 15 is 0 Å². The number of fused-ring (bicyclic) bond motifs is 1. The second kappa shape index (κ2) is 10.9. The van der Waals surface area contributed by atoms with Gasteiger partial charge in [-0.3, -0.25) is 10.3 Å². The first-order chi connectivity index (χ1) is 17.3. The maximum absolute atomic E-state index is 12.6. The van der Waals surface area contributed by atoms with E-state index in [1.54, 1.807) is 32.5 Å². The first-order valence-corrected chi connectivity index (χ1v) is 12.1. The summed E-state index contributed by atoms with van der Waals surface area (Å²) in [6, 6.07) is 16.8. The van der Waals surface area contributed by atoms with Gasteiger partial charge in [0.1, 0.15) is 17.6 Å². The van der Waals surface area contributed by atoms with Gasteiger partial charge in [0.15, 0.2) is 11.5 Å². The molecule has 0 aliphatic carbocycles. The summed E-state index contributed by atoms with van der Waals surface area (Å²) in [5.74, 6) is 2.48. The Hall–Kier alpha value is -3.78. The number of methoxy groups -OCH3 is 2. The fraction of sp³-hybridized carbons (Fsp3) is 0.214. The van der Waals surface area contributed by atoms with E-state index in [0.717, 1.165) is 32.1 Å². The Balaban J connectivity index is 1.53. The van der Waals surface area contributed by atoms with Crippen LogP contribution in [0.25, 0.3) is 10.9 Å². The molecule has 36 heavy (non-hydrogen) atoms. The normalized spacial score (nSPS) is 11.6. The van der Waals surface area contributed by atoms with E-state index in [-0.39, 0.29) is 0 Å². The van der Waals surface area contributed by atoms with Gasteiger partial charge in [-0.2, -0.15) is 0 Å². The summed E-state index contributed by atoms with van der Waals surface area (Å²) in [6.07, 6.45) is 0.756. The molecular weight excluding hydrogens is 524 g/mol. The minimum Gasteiger partial charge on any atom is -0.493 e. The predicted octanol–water partition coefficient (Wildman–Crippen LogP) is 7.73. The van der Waals surface area contributed by atoms with Crippen LogP contribution >= 0.6 is 15.9 Å². The molecule has 186 valence electrons. The topological polar surface area (TPSA) is 78.9 Å². The van der Waals surface area contributed by atoms with E-state index in [1.807, 2.05) is 63.2 Å². The summed E-state index contributed by atoms with van der Waals surface area (Å²) in [5.41, 5.74) is 4.03. The van der Waals surface area contributed by atoms with Gasteiger partial charge in [-0.1, -0.05) is 28.1 Å². The summed E-state index contributed by atoms with van der Waals surface area (Å²) in [5, 5.41) is 3.64. The van der Waals surface area contributed by atoms with Gasteiger partial charge in [-0.15, -0.1) is 0 Å². The summed E-state index contributed by atoms with van der Waals surface area (Å²) in [4.78, 5) is 17.0. The van der Waals surface area contributed by atoms with Crippen LogP contribution in [0.15, 0.2) is 65.3 Å². The summed E-state index contributed by atoms with van der Waals surface area (Å²) in [7, 11) is 3.17. The number of ether oxygens (including phenoxy) is 4. The van der Waals surface area contributed by atoms with Gasteiger partial charge in [-0.25, -0.2) is 4.79 Å². The molecule has 1 aromatic heterocycles. The number of carbonyl (C=O) groups excluding carboxylic acids is 1. The average Bonchev–Trinajstić information content (AvgIpc) is 2.87. The second-order valence-corrected chi connectivity index (χ2v) is 9.14. The van der Waals surface area contributed by atoms with Crippen molar-refractivity contribution in [3.8, 4) is 23.0 Å². The zero-order valence-electron chi connectivity index (χ0n) is 20.7. The van der Waals surface area contributed by atoms with E-state index in [2.05, 4.69) is 26.2 Å². The van der Waals surface area contributed by atoms with Gasteiger partial charge in [0.2, 0.25) is 0 Å². The molecular formula is C28H27BrN2O5. The van der Waals surface area contributed by atoms with Crippen LogP contribution in [-0.4, -0.2) is 25.3 Å². The van der Waals surface area contributed by atoms with Gasteiger partial charge in [0.25, 0.3) is 0 Å². The zero-order chi connectivity index (χ0) is 25.8.